The Labute approximate surface area is 150 Å². The highest BCUT2D eigenvalue weighted by Crippen LogP contribution is 2.16. The van der Waals surface area contributed by atoms with Gasteiger partial charge in [0.2, 0.25) is 0 Å². The van der Waals surface area contributed by atoms with Gasteiger partial charge in [-0.3, -0.25) is 9.78 Å². The highest BCUT2D eigenvalue weighted by Gasteiger charge is 2.10. The number of benzene rings is 2. The van der Waals surface area contributed by atoms with Gasteiger partial charge in [0, 0.05) is 11.6 Å². The van der Waals surface area contributed by atoms with E-state index in [0.717, 1.165) is 28.0 Å². The Morgan fingerprint density at radius 1 is 1.00 bits per heavy atom. The maximum Gasteiger partial charge on any atom is 0.361 e. The molecule has 134 valence electrons. The van der Waals surface area contributed by atoms with E-state index in [1.807, 2.05) is 61.5 Å². The molecule has 26 heavy (non-hydrogen) atoms. The fourth-order valence-electron chi connectivity index (χ4n) is 2.51. The molecule has 6 heteroatoms. The lowest BCUT2D eigenvalue weighted by atomic mass is 10.1. The van der Waals surface area contributed by atoms with Crippen LogP contribution in [0.2, 0.25) is 0 Å². The average molecular weight is 352 g/mol. The summed E-state index contributed by atoms with van der Waals surface area (Å²) in [6.07, 6.45) is 0.925. The Morgan fingerprint density at radius 3 is 2.58 bits per heavy atom. The van der Waals surface area contributed by atoms with Crippen molar-refractivity contribution in [3.63, 3.8) is 0 Å². The highest BCUT2D eigenvalue weighted by molar-refractivity contribution is 5.58. The zero-order valence-electron chi connectivity index (χ0n) is 14.5. The quantitative estimate of drug-likeness (QED) is 0.709. The molecule has 0 aliphatic carbocycles. The van der Waals surface area contributed by atoms with Crippen LogP contribution in [0.5, 0.6) is 5.75 Å². The van der Waals surface area contributed by atoms with Crippen LogP contribution in [0.25, 0.3) is 11.3 Å². The molecule has 0 spiro atoms. The normalized spacial score (nSPS) is 10.5. The van der Waals surface area contributed by atoms with Crippen LogP contribution in [0.1, 0.15) is 18.9 Å². The Balaban J connectivity index is 1.87. The minimum absolute atomic E-state index is 0.162. The van der Waals surface area contributed by atoms with Crippen molar-refractivity contribution in [1.29, 1.82) is 0 Å². The van der Waals surface area contributed by atoms with E-state index < -0.39 is 11.2 Å². The lowest BCUT2D eigenvalue weighted by molar-refractivity contribution is 0.0892. The Morgan fingerprint density at radius 2 is 1.81 bits per heavy atom. The predicted octanol–water partition coefficient (Wildman–Crippen LogP) is 2.62. The SMILES string of the molecule is CCCOc1cccc(COn2c(-c3ccccc3)cc(=O)[nH]c2=O)c1. The fourth-order valence-corrected chi connectivity index (χ4v) is 2.51. The lowest BCUT2D eigenvalue weighted by Gasteiger charge is -2.13. The van der Waals surface area contributed by atoms with Gasteiger partial charge in [-0.15, -0.1) is 4.73 Å². The molecule has 1 N–H and O–H groups in total. The number of hydrogen-bond acceptors (Lipinski definition) is 4. The maximum absolute atomic E-state index is 12.2. The van der Waals surface area contributed by atoms with E-state index in [2.05, 4.69) is 4.98 Å². The van der Waals surface area contributed by atoms with E-state index >= 15 is 0 Å². The Hall–Kier alpha value is -3.28. The summed E-state index contributed by atoms with van der Waals surface area (Å²) >= 11 is 0. The molecule has 1 aromatic heterocycles. The molecular formula is C20H20N2O4. The summed E-state index contributed by atoms with van der Waals surface area (Å²) in [6.45, 7) is 2.84. The smallest absolute Gasteiger partial charge is 0.361 e. The molecule has 1 heterocycles. The fraction of sp³-hybridized carbons (Fsp3) is 0.200. The average Bonchev–Trinajstić information content (AvgIpc) is 2.66. The minimum Gasteiger partial charge on any atom is -0.494 e. The molecule has 0 fully saturated rings. The number of aromatic amines is 1. The standard InChI is InChI=1S/C20H20N2O4/c1-2-11-25-17-10-6-7-15(12-17)14-26-22-18(13-19(23)21-20(22)24)16-8-4-3-5-9-16/h3-10,12-13H,2,11,14H2,1H3,(H,21,23,24). The summed E-state index contributed by atoms with van der Waals surface area (Å²) in [6, 6.07) is 18.0. The molecule has 0 amide bonds. The number of aromatic nitrogens is 2. The summed E-state index contributed by atoms with van der Waals surface area (Å²) in [5, 5.41) is 0. The van der Waals surface area contributed by atoms with Crippen LogP contribution in [0.3, 0.4) is 0 Å². The first-order valence-electron chi connectivity index (χ1n) is 8.44. The maximum atomic E-state index is 12.2. The lowest BCUT2D eigenvalue weighted by Crippen LogP contribution is -2.34. The third-order valence-electron chi connectivity index (χ3n) is 3.70. The van der Waals surface area contributed by atoms with E-state index in [1.165, 1.54) is 6.07 Å². The molecule has 0 aliphatic rings. The van der Waals surface area contributed by atoms with E-state index in [1.54, 1.807) is 0 Å². The van der Waals surface area contributed by atoms with Crippen molar-refractivity contribution in [3.8, 4) is 17.0 Å². The van der Waals surface area contributed by atoms with Crippen molar-refractivity contribution in [3.05, 3.63) is 87.1 Å². The van der Waals surface area contributed by atoms with Crippen molar-refractivity contribution in [1.82, 2.24) is 9.71 Å². The molecule has 3 rings (SSSR count). The van der Waals surface area contributed by atoms with Gasteiger partial charge in [0.25, 0.3) is 5.56 Å². The first-order chi connectivity index (χ1) is 12.7. The largest absolute Gasteiger partial charge is 0.494 e. The monoisotopic (exact) mass is 352 g/mol. The van der Waals surface area contributed by atoms with E-state index in [0.29, 0.717) is 12.3 Å². The second-order valence-corrected chi connectivity index (χ2v) is 5.75. The van der Waals surface area contributed by atoms with Gasteiger partial charge < -0.3 is 9.57 Å². The first kappa shape index (κ1) is 17.5. The summed E-state index contributed by atoms with van der Waals surface area (Å²) in [5.41, 5.74) is 0.891. The van der Waals surface area contributed by atoms with Gasteiger partial charge in [-0.2, -0.15) is 0 Å². The van der Waals surface area contributed by atoms with E-state index in [-0.39, 0.29) is 6.61 Å². The van der Waals surface area contributed by atoms with Crippen LogP contribution < -0.4 is 20.8 Å². The minimum atomic E-state index is -0.616. The van der Waals surface area contributed by atoms with Gasteiger partial charge in [-0.05, 0) is 24.1 Å². The third-order valence-corrected chi connectivity index (χ3v) is 3.70. The van der Waals surface area contributed by atoms with Crippen molar-refractivity contribution >= 4 is 0 Å². The molecular weight excluding hydrogens is 332 g/mol. The van der Waals surface area contributed by atoms with Crippen molar-refractivity contribution in [2.45, 2.75) is 20.0 Å². The molecule has 0 bridgehead atoms. The van der Waals surface area contributed by atoms with Gasteiger partial charge in [-0.25, -0.2) is 4.79 Å². The topological polar surface area (TPSA) is 73.3 Å². The third kappa shape index (κ3) is 4.22. The van der Waals surface area contributed by atoms with Crippen molar-refractivity contribution in [2.75, 3.05) is 6.61 Å². The number of rotatable bonds is 7. The number of hydrogen-bond donors (Lipinski definition) is 1. The van der Waals surface area contributed by atoms with Crippen LogP contribution in [-0.2, 0) is 6.61 Å². The second-order valence-electron chi connectivity index (χ2n) is 5.75. The molecule has 2 aromatic carbocycles. The van der Waals surface area contributed by atoms with Crippen molar-refractivity contribution < 1.29 is 9.57 Å². The molecule has 0 saturated carbocycles. The summed E-state index contributed by atoms with van der Waals surface area (Å²) in [5.74, 6) is 0.755. The van der Waals surface area contributed by atoms with E-state index in [9.17, 15) is 9.59 Å². The van der Waals surface area contributed by atoms with Gasteiger partial charge >= 0.3 is 5.69 Å². The van der Waals surface area contributed by atoms with Gasteiger partial charge in [0.15, 0.2) is 0 Å². The van der Waals surface area contributed by atoms with Gasteiger partial charge in [0.1, 0.15) is 12.4 Å². The predicted molar refractivity (Wildman–Crippen MR) is 99.3 cm³/mol. The zero-order chi connectivity index (χ0) is 18.4. The van der Waals surface area contributed by atoms with E-state index in [4.69, 9.17) is 9.57 Å². The summed E-state index contributed by atoms with van der Waals surface area (Å²) in [7, 11) is 0. The van der Waals surface area contributed by atoms with Crippen LogP contribution in [-0.4, -0.2) is 16.3 Å². The molecule has 0 aliphatic heterocycles. The number of ether oxygens (including phenoxy) is 1. The second kappa shape index (κ2) is 8.20. The van der Waals surface area contributed by atoms with Gasteiger partial charge in [0.05, 0.1) is 12.3 Å². The number of nitrogens with zero attached hydrogens (tertiary/aromatic N) is 1. The summed E-state index contributed by atoms with van der Waals surface area (Å²) in [4.78, 5) is 31.9. The molecule has 0 radical (unpaired) electrons. The molecule has 0 saturated heterocycles. The molecule has 6 nitrogen and oxygen atoms in total. The van der Waals surface area contributed by atoms with Crippen LogP contribution in [0.4, 0.5) is 0 Å². The van der Waals surface area contributed by atoms with Crippen LogP contribution >= 0.6 is 0 Å². The molecule has 0 atom stereocenters. The number of nitrogens with one attached hydrogen (secondary N) is 1. The highest BCUT2D eigenvalue weighted by atomic mass is 16.7. The van der Waals surface area contributed by atoms with Gasteiger partial charge in [-0.1, -0.05) is 49.4 Å². The summed E-state index contributed by atoms with van der Waals surface area (Å²) < 4.78 is 6.72. The van der Waals surface area contributed by atoms with Crippen molar-refractivity contribution in [2.24, 2.45) is 0 Å². The zero-order valence-corrected chi connectivity index (χ0v) is 14.5. The molecule has 3 aromatic rings. The molecule has 0 unspecified atom stereocenters. The van der Waals surface area contributed by atoms with Crippen LogP contribution in [0, 0.1) is 0 Å². The Kier molecular flexibility index (Phi) is 5.53. The van der Waals surface area contributed by atoms with Crippen LogP contribution in [0.15, 0.2) is 70.3 Å². The number of H-pyrrole nitrogens is 1. The first-order valence-corrected chi connectivity index (χ1v) is 8.44. The Bertz CT molecular complexity index is 977.